The van der Waals surface area contributed by atoms with E-state index in [9.17, 15) is 4.79 Å². The molecule has 114 valence electrons. The summed E-state index contributed by atoms with van der Waals surface area (Å²) in [6.45, 7) is 1.66. The van der Waals surface area contributed by atoms with Gasteiger partial charge in [-0.1, -0.05) is 24.3 Å². The third-order valence-corrected chi connectivity index (χ3v) is 4.20. The minimum atomic E-state index is 0.0198. The fourth-order valence-corrected chi connectivity index (χ4v) is 2.77. The molecule has 1 aliphatic heterocycles. The predicted molar refractivity (Wildman–Crippen MR) is 87.2 cm³/mol. The van der Waals surface area contributed by atoms with Crippen molar-refractivity contribution in [1.82, 2.24) is 9.88 Å². The molecular weight excluding hydrogens is 276 g/mol. The van der Waals surface area contributed by atoms with E-state index in [2.05, 4.69) is 4.98 Å². The Kier molecular flexibility index (Phi) is 4.49. The van der Waals surface area contributed by atoms with Gasteiger partial charge in [0, 0.05) is 31.2 Å². The molecule has 0 unspecified atom stereocenters. The van der Waals surface area contributed by atoms with Crippen molar-refractivity contribution < 1.29 is 9.90 Å². The summed E-state index contributed by atoms with van der Waals surface area (Å²) >= 11 is 0. The number of carbonyl (C=O) groups is 1. The second-order valence-corrected chi connectivity index (χ2v) is 5.71. The molecule has 1 saturated heterocycles. The van der Waals surface area contributed by atoms with E-state index in [4.69, 9.17) is 5.11 Å². The van der Waals surface area contributed by atoms with Crippen molar-refractivity contribution >= 4 is 22.9 Å². The second-order valence-electron chi connectivity index (χ2n) is 5.71. The lowest BCUT2D eigenvalue weighted by atomic mass is 9.98. The SMILES string of the molecule is O=C(/C=C/c1ccc2ccccc2n1)N1CCC(CO)CC1. The number of nitrogens with zero attached hydrogens (tertiary/aromatic N) is 2. The molecule has 1 amide bonds. The first-order chi connectivity index (χ1) is 10.8. The lowest BCUT2D eigenvalue weighted by molar-refractivity contribution is -0.127. The quantitative estimate of drug-likeness (QED) is 0.885. The zero-order valence-electron chi connectivity index (χ0n) is 12.5. The first-order valence-corrected chi connectivity index (χ1v) is 7.70. The first kappa shape index (κ1) is 14.7. The summed E-state index contributed by atoms with van der Waals surface area (Å²) in [7, 11) is 0. The van der Waals surface area contributed by atoms with Crippen LogP contribution in [-0.4, -0.2) is 40.6 Å². The molecule has 2 heterocycles. The fourth-order valence-electron chi connectivity index (χ4n) is 2.77. The van der Waals surface area contributed by atoms with Crippen molar-refractivity contribution in [3.05, 3.63) is 48.2 Å². The molecule has 2 aromatic rings. The van der Waals surface area contributed by atoms with E-state index in [1.807, 2.05) is 41.3 Å². The van der Waals surface area contributed by atoms with Crippen LogP contribution in [-0.2, 0) is 4.79 Å². The van der Waals surface area contributed by atoms with Gasteiger partial charge in [-0.05, 0) is 37.0 Å². The summed E-state index contributed by atoms with van der Waals surface area (Å²) in [5, 5.41) is 10.2. The molecule has 0 saturated carbocycles. The van der Waals surface area contributed by atoms with Crippen LogP contribution in [0.2, 0.25) is 0 Å². The van der Waals surface area contributed by atoms with Crippen molar-refractivity contribution in [1.29, 1.82) is 0 Å². The molecule has 4 heteroatoms. The Hall–Kier alpha value is -2.20. The topological polar surface area (TPSA) is 53.4 Å². The molecule has 4 nitrogen and oxygen atoms in total. The number of aromatic nitrogens is 1. The number of piperidine rings is 1. The standard InChI is InChI=1S/C18H20N2O2/c21-13-14-9-11-20(12-10-14)18(22)8-7-16-6-5-15-3-1-2-4-17(15)19-16/h1-8,14,21H,9-13H2/b8-7+. The van der Waals surface area contributed by atoms with Gasteiger partial charge in [0.1, 0.15) is 0 Å². The maximum Gasteiger partial charge on any atom is 0.246 e. The maximum atomic E-state index is 12.2. The van der Waals surface area contributed by atoms with Gasteiger partial charge in [0.25, 0.3) is 0 Å². The van der Waals surface area contributed by atoms with Gasteiger partial charge in [0.05, 0.1) is 11.2 Å². The molecule has 1 fully saturated rings. The highest BCUT2D eigenvalue weighted by molar-refractivity contribution is 5.92. The van der Waals surface area contributed by atoms with Crippen molar-refractivity contribution in [3.8, 4) is 0 Å². The minimum Gasteiger partial charge on any atom is -0.396 e. The monoisotopic (exact) mass is 296 g/mol. The van der Waals surface area contributed by atoms with Gasteiger partial charge in [-0.3, -0.25) is 4.79 Å². The van der Waals surface area contributed by atoms with Gasteiger partial charge in [-0.2, -0.15) is 0 Å². The summed E-state index contributed by atoms with van der Waals surface area (Å²) in [4.78, 5) is 18.5. The number of aliphatic hydroxyl groups is 1. The highest BCUT2D eigenvalue weighted by Crippen LogP contribution is 2.17. The molecule has 0 bridgehead atoms. The summed E-state index contributed by atoms with van der Waals surface area (Å²) in [6, 6.07) is 11.9. The molecule has 3 rings (SSSR count). The molecule has 0 radical (unpaired) electrons. The number of hydrogen-bond acceptors (Lipinski definition) is 3. The van der Waals surface area contributed by atoms with Crippen molar-refractivity contribution in [2.45, 2.75) is 12.8 Å². The van der Waals surface area contributed by atoms with Crippen LogP contribution in [0.1, 0.15) is 18.5 Å². The highest BCUT2D eigenvalue weighted by Gasteiger charge is 2.20. The molecule has 0 spiro atoms. The van der Waals surface area contributed by atoms with Crippen LogP contribution < -0.4 is 0 Å². The third-order valence-electron chi connectivity index (χ3n) is 4.20. The Labute approximate surface area is 130 Å². The van der Waals surface area contributed by atoms with E-state index < -0.39 is 0 Å². The molecule has 1 N–H and O–H groups in total. The Balaban J connectivity index is 1.66. The van der Waals surface area contributed by atoms with Crippen molar-refractivity contribution in [2.75, 3.05) is 19.7 Å². The normalized spacial score (nSPS) is 16.5. The molecule has 1 aromatic carbocycles. The van der Waals surface area contributed by atoms with Gasteiger partial charge in [0.15, 0.2) is 0 Å². The van der Waals surface area contributed by atoms with Crippen LogP contribution >= 0.6 is 0 Å². The van der Waals surface area contributed by atoms with Crippen LogP contribution in [0.3, 0.4) is 0 Å². The lowest BCUT2D eigenvalue weighted by Gasteiger charge is -2.30. The average molecular weight is 296 g/mol. The van der Waals surface area contributed by atoms with E-state index in [0.29, 0.717) is 5.92 Å². The smallest absolute Gasteiger partial charge is 0.246 e. The number of pyridine rings is 1. The number of carbonyl (C=O) groups excluding carboxylic acids is 1. The zero-order valence-corrected chi connectivity index (χ0v) is 12.5. The van der Waals surface area contributed by atoms with E-state index >= 15 is 0 Å². The Morgan fingerprint density at radius 3 is 2.77 bits per heavy atom. The van der Waals surface area contributed by atoms with Gasteiger partial charge in [-0.15, -0.1) is 0 Å². The van der Waals surface area contributed by atoms with Crippen molar-refractivity contribution in [3.63, 3.8) is 0 Å². The van der Waals surface area contributed by atoms with Crippen LogP contribution in [0.5, 0.6) is 0 Å². The number of hydrogen-bond donors (Lipinski definition) is 1. The average Bonchev–Trinajstić information content (AvgIpc) is 2.59. The minimum absolute atomic E-state index is 0.0198. The van der Waals surface area contributed by atoms with Crippen LogP contribution in [0.15, 0.2) is 42.5 Å². The summed E-state index contributed by atoms with van der Waals surface area (Å²) in [6.07, 6.45) is 5.12. The number of amides is 1. The summed E-state index contributed by atoms with van der Waals surface area (Å²) in [5.74, 6) is 0.363. The molecule has 0 aliphatic carbocycles. The Morgan fingerprint density at radius 2 is 2.00 bits per heavy atom. The summed E-state index contributed by atoms with van der Waals surface area (Å²) < 4.78 is 0. The zero-order chi connectivity index (χ0) is 15.4. The van der Waals surface area contributed by atoms with Crippen LogP contribution in [0.25, 0.3) is 17.0 Å². The van der Waals surface area contributed by atoms with Crippen molar-refractivity contribution in [2.24, 2.45) is 5.92 Å². The van der Waals surface area contributed by atoms with Crippen LogP contribution in [0, 0.1) is 5.92 Å². The molecule has 22 heavy (non-hydrogen) atoms. The number of fused-ring (bicyclic) bond motifs is 1. The van der Waals surface area contributed by atoms with Gasteiger partial charge < -0.3 is 10.0 Å². The number of aliphatic hydroxyl groups excluding tert-OH is 1. The number of para-hydroxylation sites is 1. The largest absolute Gasteiger partial charge is 0.396 e. The number of benzene rings is 1. The number of likely N-dealkylation sites (tertiary alicyclic amines) is 1. The maximum absolute atomic E-state index is 12.2. The van der Waals surface area contributed by atoms with E-state index in [1.54, 1.807) is 12.2 Å². The van der Waals surface area contributed by atoms with E-state index in [0.717, 1.165) is 42.5 Å². The molecule has 1 aromatic heterocycles. The molecular formula is C18H20N2O2. The van der Waals surface area contributed by atoms with Gasteiger partial charge >= 0.3 is 0 Å². The molecule has 0 atom stereocenters. The Morgan fingerprint density at radius 1 is 1.23 bits per heavy atom. The third kappa shape index (κ3) is 3.34. The van der Waals surface area contributed by atoms with Gasteiger partial charge in [0.2, 0.25) is 5.91 Å². The second kappa shape index (κ2) is 6.71. The predicted octanol–water partition coefficient (Wildman–Crippen LogP) is 2.48. The molecule has 1 aliphatic rings. The number of rotatable bonds is 3. The lowest BCUT2D eigenvalue weighted by Crippen LogP contribution is -2.38. The first-order valence-electron chi connectivity index (χ1n) is 7.70. The van der Waals surface area contributed by atoms with Crippen LogP contribution in [0.4, 0.5) is 0 Å². The Bertz CT molecular complexity index is 688. The van der Waals surface area contributed by atoms with E-state index in [-0.39, 0.29) is 12.5 Å². The van der Waals surface area contributed by atoms with Gasteiger partial charge in [-0.25, -0.2) is 4.98 Å². The highest BCUT2D eigenvalue weighted by atomic mass is 16.3. The fraction of sp³-hybridized carbons (Fsp3) is 0.333. The van der Waals surface area contributed by atoms with E-state index in [1.165, 1.54) is 0 Å². The summed E-state index contributed by atoms with van der Waals surface area (Å²) in [5.41, 5.74) is 1.72.